The minimum absolute atomic E-state index is 0.132. The fourth-order valence-electron chi connectivity index (χ4n) is 3.15. The van der Waals surface area contributed by atoms with E-state index in [0.717, 1.165) is 24.9 Å². The quantitative estimate of drug-likeness (QED) is 0.464. The average Bonchev–Trinajstić information content (AvgIpc) is 3.18. The van der Waals surface area contributed by atoms with Crippen LogP contribution in [0.4, 0.5) is 0 Å². The number of carbonyl (C=O) groups excluding carboxylic acids is 1. The first-order chi connectivity index (χ1) is 13.6. The molecule has 9 heteroatoms. The normalized spacial score (nSPS) is 17.5. The number of ether oxygens (including phenoxy) is 1. The Morgan fingerprint density at radius 3 is 2.93 bits per heavy atom. The highest BCUT2D eigenvalue weighted by molar-refractivity contribution is 6.30. The van der Waals surface area contributed by atoms with Crippen molar-refractivity contribution in [3.63, 3.8) is 0 Å². The van der Waals surface area contributed by atoms with Gasteiger partial charge in [0.25, 0.3) is 0 Å². The monoisotopic (exact) mass is 405 g/mol. The van der Waals surface area contributed by atoms with E-state index in [0.29, 0.717) is 42.4 Å². The summed E-state index contributed by atoms with van der Waals surface area (Å²) in [5.41, 5.74) is 0.831. The van der Waals surface area contributed by atoms with Gasteiger partial charge in [0.1, 0.15) is 0 Å². The highest BCUT2D eigenvalue weighted by atomic mass is 35.5. The molecule has 0 radical (unpaired) electrons. The summed E-state index contributed by atoms with van der Waals surface area (Å²) in [5.74, 6) is 1.37. The third kappa shape index (κ3) is 5.01. The maximum atomic E-state index is 12.0. The molecule has 1 aliphatic heterocycles. The molecule has 8 nitrogen and oxygen atoms in total. The molecule has 0 aliphatic carbocycles. The van der Waals surface area contributed by atoms with E-state index < -0.39 is 0 Å². The van der Waals surface area contributed by atoms with E-state index in [1.165, 1.54) is 0 Å². The van der Waals surface area contributed by atoms with Crippen molar-refractivity contribution in [2.75, 3.05) is 26.7 Å². The van der Waals surface area contributed by atoms with Gasteiger partial charge in [-0.05, 0) is 44.0 Å². The van der Waals surface area contributed by atoms with Crippen LogP contribution in [0.15, 0.2) is 33.8 Å². The van der Waals surface area contributed by atoms with Gasteiger partial charge in [-0.3, -0.25) is 9.79 Å². The van der Waals surface area contributed by atoms with Crippen molar-refractivity contribution in [2.24, 2.45) is 10.9 Å². The van der Waals surface area contributed by atoms with Crippen LogP contribution in [0.5, 0.6) is 0 Å². The van der Waals surface area contributed by atoms with Crippen LogP contribution in [0.25, 0.3) is 11.4 Å². The van der Waals surface area contributed by atoms with Crippen LogP contribution in [0.1, 0.15) is 25.7 Å². The molecule has 0 saturated carbocycles. The van der Waals surface area contributed by atoms with Crippen LogP contribution in [0.2, 0.25) is 5.02 Å². The maximum Gasteiger partial charge on any atom is 0.310 e. The van der Waals surface area contributed by atoms with Crippen molar-refractivity contribution in [1.82, 2.24) is 20.4 Å². The Hall–Kier alpha value is -2.61. The Morgan fingerprint density at radius 2 is 2.21 bits per heavy atom. The van der Waals surface area contributed by atoms with Crippen LogP contribution in [-0.2, 0) is 16.1 Å². The molecule has 28 heavy (non-hydrogen) atoms. The van der Waals surface area contributed by atoms with Crippen LogP contribution in [0.3, 0.4) is 0 Å². The van der Waals surface area contributed by atoms with Crippen LogP contribution in [-0.4, -0.2) is 53.7 Å². The molecule has 1 fully saturated rings. The molecule has 1 unspecified atom stereocenters. The molecule has 1 aromatic carbocycles. The zero-order chi connectivity index (χ0) is 19.9. The summed E-state index contributed by atoms with van der Waals surface area (Å²) in [5, 5.41) is 7.88. The Labute approximate surface area is 168 Å². The van der Waals surface area contributed by atoms with Gasteiger partial charge in [0.05, 0.1) is 19.1 Å². The highest BCUT2D eigenvalue weighted by Gasteiger charge is 2.28. The van der Waals surface area contributed by atoms with Crippen LogP contribution < -0.4 is 5.32 Å². The largest absolute Gasteiger partial charge is 0.466 e. The van der Waals surface area contributed by atoms with Crippen molar-refractivity contribution in [3.05, 3.63) is 35.2 Å². The number of hydrogen-bond acceptors (Lipinski definition) is 6. The van der Waals surface area contributed by atoms with E-state index in [4.69, 9.17) is 20.9 Å². The zero-order valence-electron chi connectivity index (χ0n) is 16.0. The number of carbonyl (C=O) groups is 1. The van der Waals surface area contributed by atoms with Crippen molar-refractivity contribution in [1.29, 1.82) is 0 Å². The molecule has 0 amide bonds. The van der Waals surface area contributed by atoms with E-state index in [2.05, 4.69) is 25.3 Å². The Bertz CT molecular complexity index is 821. The third-order valence-electron chi connectivity index (χ3n) is 4.52. The molecule has 1 aliphatic rings. The Kier molecular flexibility index (Phi) is 6.86. The van der Waals surface area contributed by atoms with Gasteiger partial charge in [0.15, 0.2) is 5.96 Å². The number of halogens is 1. The molecule has 2 heterocycles. The van der Waals surface area contributed by atoms with E-state index in [9.17, 15) is 4.79 Å². The van der Waals surface area contributed by atoms with Crippen molar-refractivity contribution in [3.8, 4) is 11.4 Å². The SMILES string of the molecule is CCOC(=O)C1CCCN(C(=NC)NCc2nc(-c3ccc(Cl)cc3)no2)C1. The van der Waals surface area contributed by atoms with Crippen molar-refractivity contribution >= 4 is 23.5 Å². The molecule has 150 valence electrons. The summed E-state index contributed by atoms with van der Waals surface area (Å²) in [6.45, 7) is 3.97. The third-order valence-corrected chi connectivity index (χ3v) is 4.77. The second kappa shape index (κ2) is 9.54. The minimum Gasteiger partial charge on any atom is -0.466 e. The topological polar surface area (TPSA) is 92.8 Å². The number of rotatable bonds is 5. The van der Waals surface area contributed by atoms with Crippen molar-refractivity contribution < 1.29 is 14.1 Å². The highest BCUT2D eigenvalue weighted by Crippen LogP contribution is 2.20. The lowest BCUT2D eigenvalue weighted by Gasteiger charge is -2.33. The van der Waals surface area contributed by atoms with E-state index in [1.807, 2.05) is 19.1 Å². The minimum atomic E-state index is -0.146. The summed E-state index contributed by atoms with van der Waals surface area (Å²) < 4.78 is 10.5. The summed E-state index contributed by atoms with van der Waals surface area (Å²) in [4.78, 5) is 22.8. The van der Waals surface area contributed by atoms with Gasteiger partial charge in [0, 0.05) is 30.7 Å². The molecular weight excluding hydrogens is 382 g/mol. The summed E-state index contributed by atoms with van der Waals surface area (Å²) in [6, 6.07) is 7.24. The number of piperidine rings is 1. The molecule has 0 bridgehead atoms. The van der Waals surface area contributed by atoms with Gasteiger partial charge in [-0.2, -0.15) is 4.98 Å². The Morgan fingerprint density at radius 1 is 1.43 bits per heavy atom. The predicted molar refractivity (Wildman–Crippen MR) is 106 cm³/mol. The second-order valence-corrected chi connectivity index (χ2v) is 6.89. The van der Waals surface area contributed by atoms with Gasteiger partial charge in [-0.15, -0.1) is 0 Å². The smallest absolute Gasteiger partial charge is 0.310 e. The maximum absolute atomic E-state index is 12.0. The number of guanidine groups is 1. The lowest BCUT2D eigenvalue weighted by Crippen LogP contribution is -2.48. The number of nitrogens with zero attached hydrogens (tertiary/aromatic N) is 4. The van der Waals surface area contributed by atoms with Crippen LogP contribution >= 0.6 is 11.6 Å². The summed E-state index contributed by atoms with van der Waals surface area (Å²) >= 11 is 5.90. The van der Waals surface area contributed by atoms with Gasteiger partial charge in [-0.1, -0.05) is 16.8 Å². The lowest BCUT2D eigenvalue weighted by molar-refractivity contribution is -0.149. The molecule has 1 atom stereocenters. The zero-order valence-corrected chi connectivity index (χ0v) is 16.8. The summed E-state index contributed by atoms with van der Waals surface area (Å²) in [7, 11) is 1.71. The standard InChI is InChI=1S/C19H24ClN5O3/c1-3-27-18(26)14-5-4-10-25(12-14)19(21-2)22-11-16-23-17(24-28-16)13-6-8-15(20)9-7-13/h6-9,14H,3-5,10-12H2,1-2H3,(H,21,22). The Balaban J connectivity index is 1.58. The van der Waals surface area contributed by atoms with E-state index in [1.54, 1.807) is 19.2 Å². The van der Waals surface area contributed by atoms with Crippen LogP contribution in [0, 0.1) is 5.92 Å². The number of aromatic nitrogens is 2. The molecule has 3 rings (SSSR count). The average molecular weight is 406 g/mol. The van der Waals surface area contributed by atoms with Gasteiger partial charge < -0.3 is 19.5 Å². The molecule has 0 spiro atoms. The first-order valence-corrected chi connectivity index (χ1v) is 9.69. The summed E-state index contributed by atoms with van der Waals surface area (Å²) in [6.07, 6.45) is 1.74. The van der Waals surface area contributed by atoms with Gasteiger partial charge in [0.2, 0.25) is 11.7 Å². The van der Waals surface area contributed by atoms with Gasteiger partial charge in [-0.25, -0.2) is 0 Å². The van der Waals surface area contributed by atoms with E-state index in [-0.39, 0.29) is 11.9 Å². The molecular formula is C19H24ClN5O3. The van der Waals surface area contributed by atoms with Gasteiger partial charge >= 0.3 is 5.97 Å². The first kappa shape index (κ1) is 20.1. The lowest BCUT2D eigenvalue weighted by atomic mass is 9.98. The predicted octanol–water partition coefficient (Wildman–Crippen LogP) is 2.74. The fraction of sp³-hybridized carbons (Fsp3) is 0.474. The number of likely N-dealkylation sites (tertiary alicyclic amines) is 1. The number of nitrogens with one attached hydrogen (secondary N) is 1. The molecule has 1 aromatic heterocycles. The fourth-order valence-corrected chi connectivity index (χ4v) is 3.28. The molecule has 1 N–H and O–H groups in total. The number of hydrogen-bond donors (Lipinski definition) is 1. The molecule has 2 aromatic rings. The van der Waals surface area contributed by atoms with Crippen molar-refractivity contribution in [2.45, 2.75) is 26.3 Å². The number of aliphatic imine (C=N–C) groups is 1. The van der Waals surface area contributed by atoms with E-state index >= 15 is 0 Å². The molecule has 1 saturated heterocycles. The second-order valence-electron chi connectivity index (χ2n) is 6.46. The first-order valence-electron chi connectivity index (χ1n) is 9.31. The number of benzene rings is 1. The number of esters is 1.